The summed E-state index contributed by atoms with van der Waals surface area (Å²) in [5.74, 6) is -0.104. The molecular weight excluding hydrogens is 260 g/mol. The third-order valence-corrected chi connectivity index (χ3v) is 3.52. The number of likely N-dealkylation sites (tertiary alicyclic amines) is 1. The monoisotopic (exact) mass is 286 g/mol. The summed E-state index contributed by atoms with van der Waals surface area (Å²) in [6, 6.07) is 0. The minimum atomic E-state index is -0.501. The number of nitrogens with zero attached hydrogens (tertiary/aromatic N) is 1. The van der Waals surface area contributed by atoms with Crippen LogP contribution in [0.25, 0.3) is 0 Å². The van der Waals surface area contributed by atoms with Gasteiger partial charge in [-0.25, -0.2) is 4.79 Å². The van der Waals surface area contributed by atoms with Crippen molar-refractivity contribution in [3.05, 3.63) is 0 Å². The molecule has 116 valence electrons. The van der Waals surface area contributed by atoms with E-state index in [1.165, 1.54) is 6.92 Å². The number of aliphatic hydroxyl groups is 1. The number of carbonyl (C=O) groups excluding carboxylic acids is 2. The van der Waals surface area contributed by atoms with E-state index in [0.717, 1.165) is 0 Å². The number of hydrogen-bond acceptors (Lipinski definition) is 4. The topological polar surface area (TPSA) is 78.9 Å². The van der Waals surface area contributed by atoms with Gasteiger partial charge in [-0.15, -0.1) is 0 Å². The van der Waals surface area contributed by atoms with E-state index in [0.29, 0.717) is 32.5 Å². The maximum absolute atomic E-state index is 12.0. The summed E-state index contributed by atoms with van der Waals surface area (Å²) >= 11 is 0. The van der Waals surface area contributed by atoms with Crippen molar-refractivity contribution in [3.63, 3.8) is 0 Å². The molecule has 6 heteroatoms. The van der Waals surface area contributed by atoms with Crippen LogP contribution in [0.15, 0.2) is 0 Å². The lowest BCUT2D eigenvalue weighted by Gasteiger charge is -2.40. The summed E-state index contributed by atoms with van der Waals surface area (Å²) in [5.41, 5.74) is -0.830. The van der Waals surface area contributed by atoms with E-state index >= 15 is 0 Å². The van der Waals surface area contributed by atoms with Crippen molar-refractivity contribution in [2.24, 2.45) is 5.41 Å². The number of nitrogens with one attached hydrogen (secondary N) is 1. The predicted molar refractivity (Wildman–Crippen MR) is 75.2 cm³/mol. The first-order valence-electron chi connectivity index (χ1n) is 7.01. The van der Waals surface area contributed by atoms with Crippen LogP contribution >= 0.6 is 0 Å². The fourth-order valence-electron chi connectivity index (χ4n) is 2.19. The molecule has 2 amide bonds. The summed E-state index contributed by atoms with van der Waals surface area (Å²) in [6.07, 6.45) is 0.995. The van der Waals surface area contributed by atoms with Gasteiger partial charge in [0, 0.05) is 32.0 Å². The zero-order valence-electron chi connectivity index (χ0n) is 12.9. The Kier molecular flexibility index (Phi) is 5.39. The SMILES string of the molecule is CC(=O)NCC1(CO)CCN(C(=O)OC(C)(C)C)CC1. The molecule has 0 radical (unpaired) electrons. The van der Waals surface area contributed by atoms with Gasteiger partial charge in [-0.05, 0) is 33.6 Å². The second kappa shape index (κ2) is 6.43. The number of amides is 2. The normalized spacial score (nSPS) is 18.6. The van der Waals surface area contributed by atoms with Gasteiger partial charge in [-0.3, -0.25) is 4.79 Å². The van der Waals surface area contributed by atoms with E-state index in [1.807, 2.05) is 20.8 Å². The zero-order valence-corrected chi connectivity index (χ0v) is 12.9. The van der Waals surface area contributed by atoms with Gasteiger partial charge in [0.2, 0.25) is 5.91 Å². The van der Waals surface area contributed by atoms with Crippen LogP contribution in [0.1, 0.15) is 40.5 Å². The molecule has 20 heavy (non-hydrogen) atoms. The van der Waals surface area contributed by atoms with Crippen molar-refractivity contribution in [3.8, 4) is 0 Å². The average molecular weight is 286 g/mol. The Balaban J connectivity index is 2.52. The average Bonchev–Trinajstić information content (AvgIpc) is 2.35. The number of piperidine rings is 1. The van der Waals surface area contributed by atoms with E-state index in [9.17, 15) is 14.7 Å². The van der Waals surface area contributed by atoms with Crippen molar-refractivity contribution in [1.82, 2.24) is 10.2 Å². The Hall–Kier alpha value is -1.30. The number of aliphatic hydroxyl groups excluding tert-OH is 1. The first kappa shape index (κ1) is 16.8. The van der Waals surface area contributed by atoms with Gasteiger partial charge in [-0.1, -0.05) is 0 Å². The van der Waals surface area contributed by atoms with Gasteiger partial charge < -0.3 is 20.1 Å². The first-order valence-corrected chi connectivity index (χ1v) is 7.01. The van der Waals surface area contributed by atoms with Crippen molar-refractivity contribution < 1.29 is 19.4 Å². The second-order valence-corrected chi connectivity index (χ2v) is 6.54. The van der Waals surface area contributed by atoms with E-state index in [4.69, 9.17) is 4.74 Å². The molecule has 0 aliphatic carbocycles. The summed E-state index contributed by atoms with van der Waals surface area (Å²) in [4.78, 5) is 24.6. The zero-order chi connectivity index (χ0) is 15.4. The fourth-order valence-corrected chi connectivity index (χ4v) is 2.19. The Labute approximate surface area is 120 Å². The molecule has 0 aromatic heterocycles. The van der Waals surface area contributed by atoms with Gasteiger partial charge in [0.05, 0.1) is 6.61 Å². The van der Waals surface area contributed by atoms with Gasteiger partial charge in [0.15, 0.2) is 0 Å². The van der Waals surface area contributed by atoms with Crippen LogP contribution < -0.4 is 5.32 Å². The van der Waals surface area contributed by atoms with Gasteiger partial charge >= 0.3 is 6.09 Å². The molecule has 1 aliphatic rings. The third kappa shape index (κ3) is 5.00. The molecule has 0 bridgehead atoms. The number of ether oxygens (including phenoxy) is 1. The lowest BCUT2D eigenvalue weighted by molar-refractivity contribution is -0.119. The van der Waals surface area contributed by atoms with Crippen LogP contribution in [0.4, 0.5) is 4.79 Å². The van der Waals surface area contributed by atoms with Gasteiger partial charge in [-0.2, -0.15) is 0 Å². The predicted octanol–water partition coefficient (Wildman–Crippen LogP) is 1.13. The highest BCUT2D eigenvalue weighted by atomic mass is 16.6. The molecule has 0 atom stereocenters. The Morgan fingerprint density at radius 1 is 1.30 bits per heavy atom. The summed E-state index contributed by atoms with van der Waals surface area (Å²) in [6.45, 7) is 8.50. The smallest absolute Gasteiger partial charge is 0.410 e. The van der Waals surface area contributed by atoms with Crippen molar-refractivity contribution >= 4 is 12.0 Å². The first-order chi connectivity index (χ1) is 9.17. The van der Waals surface area contributed by atoms with Crippen LogP contribution in [0.5, 0.6) is 0 Å². The molecule has 0 spiro atoms. The lowest BCUT2D eigenvalue weighted by atomic mass is 9.79. The van der Waals surface area contributed by atoms with Crippen molar-refractivity contribution in [2.75, 3.05) is 26.2 Å². The van der Waals surface area contributed by atoms with Crippen molar-refractivity contribution in [1.29, 1.82) is 0 Å². The van der Waals surface area contributed by atoms with Crippen LogP contribution in [-0.2, 0) is 9.53 Å². The Morgan fingerprint density at radius 2 is 1.85 bits per heavy atom. The van der Waals surface area contributed by atoms with Crippen LogP contribution in [0.2, 0.25) is 0 Å². The van der Waals surface area contributed by atoms with Gasteiger partial charge in [0.1, 0.15) is 5.60 Å². The summed E-state index contributed by atoms with van der Waals surface area (Å²) in [7, 11) is 0. The molecule has 1 heterocycles. The number of hydrogen-bond donors (Lipinski definition) is 2. The maximum Gasteiger partial charge on any atom is 0.410 e. The third-order valence-electron chi connectivity index (χ3n) is 3.52. The minimum Gasteiger partial charge on any atom is -0.444 e. The highest BCUT2D eigenvalue weighted by Crippen LogP contribution is 2.31. The molecule has 1 rings (SSSR count). The van der Waals surface area contributed by atoms with Crippen LogP contribution in [0.3, 0.4) is 0 Å². The molecule has 0 unspecified atom stereocenters. The fraction of sp³-hybridized carbons (Fsp3) is 0.857. The molecule has 1 aliphatic heterocycles. The largest absolute Gasteiger partial charge is 0.444 e. The number of rotatable bonds is 3. The minimum absolute atomic E-state index is 0.00936. The summed E-state index contributed by atoms with van der Waals surface area (Å²) in [5, 5.41) is 12.3. The quantitative estimate of drug-likeness (QED) is 0.815. The Morgan fingerprint density at radius 3 is 2.25 bits per heavy atom. The molecule has 0 aromatic carbocycles. The lowest BCUT2D eigenvalue weighted by Crippen LogP contribution is -2.50. The van der Waals surface area contributed by atoms with Crippen LogP contribution in [0, 0.1) is 5.41 Å². The van der Waals surface area contributed by atoms with Crippen LogP contribution in [-0.4, -0.2) is 53.8 Å². The van der Waals surface area contributed by atoms with Gasteiger partial charge in [0.25, 0.3) is 0 Å². The van der Waals surface area contributed by atoms with E-state index < -0.39 is 5.60 Å². The van der Waals surface area contributed by atoms with E-state index in [2.05, 4.69) is 5.32 Å². The second-order valence-electron chi connectivity index (χ2n) is 6.54. The molecular formula is C14H26N2O4. The molecule has 0 saturated carbocycles. The highest BCUT2D eigenvalue weighted by molar-refractivity contribution is 5.72. The standard InChI is InChI=1S/C14H26N2O4/c1-11(18)15-9-14(10-17)5-7-16(8-6-14)12(19)20-13(2,3)4/h17H,5-10H2,1-4H3,(H,15,18). The number of carbonyl (C=O) groups is 2. The van der Waals surface area contributed by atoms with E-state index in [1.54, 1.807) is 4.90 Å². The summed E-state index contributed by atoms with van der Waals surface area (Å²) < 4.78 is 5.33. The molecule has 6 nitrogen and oxygen atoms in total. The molecule has 0 aromatic rings. The molecule has 1 fully saturated rings. The highest BCUT2D eigenvalue weighted by Gasteiger charge is 2.36. The maximum atomic E-state index is 12.0. The Bertz CT molecular complexity index is 355. The van der Waals surface area contributed by atoms with E-state index in [-0.39, 0.29) is 24.0 Å². The molecule has 2 N–H and O–H groups in total. The molecule has 1 saturated heterocycles. The van der Waals surface area contributed by atoms with Crippen molar-refractivity contribution in [2.45, 2.75) is 46.1 Å².